The van der Waals surface area contributed by atoms with Crippen LogP contribution in [0.4, 0.5) is 0 Å². The largest absolute Gasteiger partial charge is 0.332 e. The fourth-order valence-electron chi connectivity index (χ4n) is 4.44. The summed E-state index contributed by atoms with van der Waals surface area (Å²) in [5.74, 6) is 0.106. The van der Waals surface area contributed by atoms with Gasteiger partial charge in [-0.05, 0) is 63.5 Å². The fraction of sp³-hybridized carbons (Fsp3) is 0.440. The average molecular weight is 405 g/mol. The van der Waals surface area contributed by atoms with Crippen LogP contribution in [0.3, 0.4) is 0 Å². The van der Waals surface area contributed by atoms with E-state index in [1.54, 1.807) is 6.92 Å². The predicted molar refractivity (Wildman–Crippen MR) is 122 cm³/mol. The van der Waals surface area contributed by atoms with Crippen LogP contribution in [-0.2, 0) is 13.0 Å². The van der Waals surface area contributed by atoms with Gasteiger partial charge in [0.1, 0.15) is 5.65 Å². The summed E-state index contributed by atoms with van der Waals surface area (Å²) >= 11 is 0. The summed E-state index contributed by atoms with van der Waals surface area (Å²) in [5.41, 5.74) is 3.13. The van der Waals surface area contributed by atoms with Gasteiger partial charge in [-0.1, -0.05) is 30.3 Å². The predicted octanol–water partition coefficient (Wildman–Crippen LogP) is 3.88. The van der Waals surface area contributed by atoms with Gasteiger partial charge in [-0.25, -0.2) is 4.98 Å². The average Bonchev–Trinajstić information content (AvgIpc) is 2.99. The second-order valence-electron chi connectivity index (χ2n) is 8.29. The minimum Gasteiger partial charge on any atom is -0.332 e. The molecule has 1 fully saturated rings. The highest BCUT2D eigenvalue weighted by molar-refractivity contribution is 6.06. The van der Waals surface area contributed by atoms with Crippen molar-refractivity contribution in [2.75, 3.05) is 39.3 Å². The third kappa shape index (κ3) is 5.15. The van der Waals surface area contributed by atoms with Crippen molar-refractivity contribution in [3.05, 3.63) is 66.0 Å². The molecule has 2 aromatic heterocycles. The van der Waals surface area contributed by atoms with E-state index >= 15 is 0 Å². The number of aromatic nitrogens is 2. The van der Waals surface area contributed by atoms with Crippen molar-refractivity contribution in [3.8, 4) is 0 Å². The first-order valence-electron chi connectivity index (χ1n) is 11.1. The van der Waals surface area contributed by atoms with E-state index in [9.17, 15) is 4.79 Å². The van der Waals surface area contributed by atoms with E-state index in [0.29, 0.717) is 0 Å². The molecule has 0 radical (unpaired) electrons. The number of hydrogen-bond donors (Lipinski definition) is 0. The summed E-state index contributed by atoms with van der Waals surface area (Å²) in [5, 5.41) is 0.967. The second kappa shape index (κ2) is 10.0. The zero-order valence-electron chi connectivity index (χ0n) is 18.0. The van der Waals surface area contributed by atoms with Crippen LogP contribution in [-0.4, -0.2) is 64.4 Å². The molecule has 0 bridgehead atoms. The zero-order chi connectivity index (χ0) is 20.8. The van der Waals surface area contributed by atoms with Crippen LogP contribution in [0.1, 0.15) is 35.7 Å². The van der Waals surface area contributed by atoms with Crippen molar-refractivity contribution in [2.24, 2.45) is 0 Å². The van der Waals surface area contributed by atoms with E-state index in [1.807, 2.05) is 24.5 Å². The van der Waals surface area contributed by atoms with Crippen molar-refractivity contribution < 1.29 is 4.79 Å². The van der Waals surface area contributed by atoms with Gasteiger partial charge in [0.15, 0.2) is 5.78 Å². The highest BCUT2D eigenvalue weighted by Crippen LogP contribution is 2.20. The van der Waals surface area contributed by atoms with Gasteiger partial charge in [-0.2, -0.15) is 0 Å². The lowest BCUT2D eigenvalue weighted by atomic mass is 10.1. The molecule has 1 aliphatic rings. The lowest BCUT2D eigenvalue weighted by molar-refractivity contribution is 0.101. The molecule has 0 spiro atoms. The normalized spacial score (nSPS) is 16.0. The van der Waals surface area contributed by atoms with Gasteiger partial charge in [0, 0.05) is 49.5 Å². The Morgan fingerprint density at radius 2 is 1.70 bits per heavy atom. The maximum Gasteiger partial charge on any atom is 0.162 e. The molecule has 3 heterocycles. The lowest BCUT2D eigenvalue weighted by Crippen LogP contribution is -2.32. The molecule has 0 N–H and O–H groups in total. The molecule has 5 nitrogen and oxygen atoms in total. The highest BCUT2D eigenvalue weighted by atomic mass is 16.1. The third-order valence-electron chi connectivity index (χ3n) is 6.13. The van der Waals surface area contributed by atoms with Crippen LogP contribution < -0.4 is 0 Å². The summed E-state index contributed by atoms with van der Waals surface area (Å²) in [6, 6.07) is 14.7. The van der Waals surface area contributed by atoms with Crippen molar-refractivity contribution in [1.29, 1.82) is 0 Å². The molecular formula is C25H32N4O. The molecule has 158 valence electrons. The summed E-state index contributed by atoms with van der Waals surface area (Å²) in [4.78, 5) is 21.7. The van der Waals surface area contributed by atoms with Crippen molar-refractivity contribution in [1.82, 2.24) is 19.4 Å². The Morgan fingerprint density at radius 1 is 0.933 bits per heavy atom. The first kappa shape index (κ1) is 20.8. The highest BCUT2D eigenvalue weighted by Gasteiger charge is 2.16. The van der Waals surface area contributed by atoms with Gasteiger partial charge >= 0.3 is 0 Å². The van der Waals surface area contributed by atoms with E-state index in [1.165, 1.54) is 25.1 Å². The zero-order valence-corrected chi connectivity index (χ0v) is 18.0. The molecule has 3 aromatic rings. The Balaban J connectivity index is 1.26. The van der Waals surface area contributed by atoms with Crippen LogP contribution in [0.2, 0.25) is 0 Å². The maximum absolute atomic E-state index is 12.0. The van der Waals surface area contributed by atoms with E-state index in [0.717, 1.165) is 62.2 Å². The monoisotopic (exact) mass is 404 g/mol. The van der Waals surface area contributed by atoms with Crippen molar-refractivity contribution in [2.45, 2.75) is 32.7 Å². The smallest absolute Gasteiger partial charge is 0.162 e. The SMILES string of the molecule is CC(=O)c1cn(CCCN2CCCN(CCc3ccccc3)CC2)c2ncccc12. The van der Waals surface area contributed by atoms with Gasteiger partial charge in [0.2, 0.25) is 0 Å². The number of pyridine rings is 1. The second-order valence-corrected chi connectivity index (χ2v) is 8.29. The molecule has 0 amide bonds. The van der Waals surface area contributed by atoms with Gasteiger partial charge < -0.3 is 14.4 Å². The molecule has 4 rings (SSSR count). The number of ketones is 1. The Hall–Kier alpha value is -2.50. The number of Topliss-reactive ketones (excluding diaryl/α,β-unsaturated/α-hetero) is 1. The summed E-state index contributed by atoms with van der Waals surface area (Å²) in [6.45, 7) is 9.42. The van der Waals surface area contributed by atoms with Gasteiger partial charge in [0.25, 0.3) is 0 Å². The van der Waals surface area contributed by atoms with Crippen LogP contribution in [0.25, 0.3) is 11.0 Å². The summed E-state index contributed by atoms with van der Waals surface area (Å²) < 4.78 is 2.15. The minimum atomic E-state index is 0.106. The summed E-state index contributed by atoms with van der Waals surface area (Å²) in [6.07, 6.45) is 7.22. The Kier molecular flexibility index (Phi) is 6.92. The van der Waals surface area contributed by atoms with Gasteiger partial charge in [-0.3, -0.25) is 4.79 Å². The molecule has 0 unspecified atom stereocenters. The van der Waals surface area contributed by atoms with Crippen LogP contribution in [0, 0.1) is 0 Å². The van der Waals surface area contributed by atoms with E-state index in [2.05, 4.69) is 49.7 Å². The number of benzene rings is 1. The summed E-state index contributed by atoms with van der Waals surface area (Å²) in [7, 11) is 0. The fourth-order valence-corrected chi connectivity index (χ4v) is 4.44. The number of hydrogen-bond acceptors (Lipinski definition) is 4. The van der Waals surface area contributed by atoms with Gasteiger partial charge in [0.05, 0.1) is 0 Å². The topological polar surface area (TPSA) is 41.4 Å². The quantitative estimate of drug-likeness (QED) is 0.534. The number of aryl methyl sites for hydroxylation is 1. The first-order valence-corrected chi connectivity index (χ1v) is 11.1. The number of fused-ring (bicyclic) bond motifs is 1. The lowest BCUT2D eigenvalue weighted by Gasteiger charge is -2.22. The standard InChI is InChI=1S/C25H32N4O/c1-21(30)24-20-29(25-23(24)10-5-12-26-25)16-7-15-27-13-6-14-28(19-18-27)17-11-22-8-3-2-4-9-22/h2-5,8-10,12,20H,6-7,11,13-19H2,1H3. The number of carbonyl (C=O) groups is 1. The molecule has 1 saturated heterocycles. The van der Waals surface area contributed by atoms with Crippen LogP contribution >= 0.6 is 0 Å². The number of carbonyl (C=O) groups excluding carboxylic acids is 1. The Morgan fingerprint density at radius 3 is 2.47 bits per heavy atom. The molecule has 0 atom stereocenters. The van der Waals surface area contributed by atoms with Crippen LogP contribution in [0.5, 0.6) is 0 Å². The van der Waals surface area contributed by atoms with Crippen molar-refractivity contribution in [3.63, 3.8) is 0 Å². The minimum absolute atomic E-state index is 0.106. The Labute approximate surface area is 179 Å². The van der Waals surface area contributed by atoms with Crippen LogP contribution in [0.15, 0.2) is 54.9 Å². The number of nitrogens with zero attached hydrogens (tertiary/aromatic N) is 4. The Bertz CT molecular complexity index is 966. The first-order chi connectivity index (χ1) is 14.7. The molecule has 1 aliphatic heterocycles. The number of rotatable bonds is 8. The van der Waals surface area contributed by atoms with Gasteiger partial charge in [-0.15, -0.1) is 0 Å². The molecule has 0 saturated carbocycles. The van der Waals surface area contributed by atoms with E-state index in [-0.39, 0.29) is 5.78 Å². The molecule has 0 aliphatic carbocycles. The molecule has 30 heavy (non-hydrogen) atoms. The van der Waals surface area contributed by atoms with Crippen molar-refractivity contribution >= 4 is 16.8 Å². The maximum atomic E-state index is 12.0. The van der Waals surface area contributed by atoms with E-state index in [4.69, 9.17) is 0 Å². The third-order valence-corrected chi connectivity index (χ3v) is 6.13. The molecule has 1 aromatic carbocycles. The molecular weight excluding hydrogens is 372 g/mol. The molecule has 5 heteroatoms. The van der Waals surface area contributed by atoms with E-state index < -0.39 is 0 Å².